The van der Waals surface area contributed by atoms with E-state index in [4.69, 9.17) is 14.9 Å². The van der Waals surface area contributed by atoms with Crippen LogP contribution >= 0.6 is 10.8 Å². The summed E-state index contributed by atoms with van der Waals surface area (Å²) < 4.78 is 19.0. The predicted molar refractivity (Wildman–Crippen MR) is 40.0 cm³/mol. The predicted octanol–water partition coefficient (Wildman–Crippen LogP) is 0.868. The number of nitrogens with zero attached hydrogens (tertiary/aromatic N) is 1. The molecule has 0 aliphatic carbocycles. The van der Waals surface area contributed by atoms with Crippen molar-refractivity contribution in [2.24, 2.45) is 5.84 Å². The van der Waals surface area contributed by atoms with E-state index in [2.05, 4.69) is 0 Å². The van der Waals surface area contributed by atoms with Gasteiger partial charge in [0.15, 0.2) is 0 Å². The molecule has 0 heterocycles. The Labute approximate surface area is 57.1 Å². The summed E-state index contributed by atoms with van der Waals surface area (Å²) in [6.07, 6.45) is 0.726. The highest BCUT2D eigenvalue weighted by Gasteiger charge is 2.12. The van der Waals surface area contributed by atoms with Crippen LogP contribution in [0.2, 0.25) is 0 Å². The Morgan fingerprint density at radius 2 is 2.00 bits per heavy atom. The number of nitrogens with two attached hydrogens (primary N) is 1. The van der Waals surface area contributed by atoms with Crippen molar-refractivity contribution in [3.63, 3.8) is 0 Å². The summed E-state index contributed by atoms with van der Waals surface area (Å²) in [5.74, 6) is 5.47. The maximum Gasteiger partial charge on any atom is 0.0541 e. The quantitative estimate of drug-likeness (QED) is 0.416. The Morgan fingerprint density at radius 1 is 1.56 bits per heavy atom. The van der Waals surface area contributed by atoms with E-state index in [1.807, 2.05) is 6.92 Å². The molecule has 0 radical (unpaired) electrons. The average Bonchev–Trinajstić information content (AvgIpc) is 1.65. The minimum Gasteiger partial charge on any atom is -0.284 e. The zero-order valence-electron chi connectivity index (χ0n) is 5.74. The van der Waals surface area contributed by atoms with Crippen molar-refractivity contribution in [1.29, 1.82) is 0 Å². The first-order chi connectivity index (χ1) is 4.00. The molecule has 0 amide bonds. The minimum atomic E-state index is -2.64. The van der Waals surface area contributed by atoms with Crippen molar-refractivity contribution in [2.75, 3.05) is 12.8 Å². The van der Waals surface area contributed by atoms with Gasteiger partial charge < -0.3 is 0 Å². The third-order valence-electron chi connectivity index (χ3n) is 0.939. The van der Waals surface area contributed by atoms with E-state index in [1.54, 1.807) is 0 Å². The van der Waals surface area contributed by atoms with Crippen LogP contribution in [0.4, 0.5) is 0 Å². The van der Waals surface area contributed by atoms with E-state index in [0.717, 1.165) is 10.8 Å². The molecule has 58 valence electrons. The molecular formula is C4H14N2O2S. The Hall–Kier alpha value is 0.190. The van der Waals surface area contributed by atoms with Crippen LogP contribution in [0.3, 0.4) is 0 Å². The monoisotopic (exact) mass is 154 g/mol. The molecule has 0 aromatic rings. The lowest BCUT2D eigenvalue weighted by Crippen LogP contribution is -2.31. The average molecular weight is 154 g/mol. The highest BCUT2D eigenvalue weighted by molar-refractivity contribution is 8.22. The molecule has 0 bridgehead atoms. The molecule has 4 N–H and O–H groups in total. The van der Waals surface area contributed by atoms with Crippen LogP contribution in [0.15, 0.2) is 0 Å². The van der Waals surface area contributed by atoms with Gasteiger partial charge in [-0.25, -0.2) is 0 Å². The zero-order valence-corrected chi connectivity index (χ0v) is 6.56. The van der Waals surface area contributed by atoms with E-state index < -0.39 is 10.8 Å². The molecule has 0 aromatic carbocycles. The molecule has 0 atom stereocenters. The Bertz CT molecular complexity index is 86.6. The molecule has 0 unspecified atom stereocenters. The Kier molecular flexibility index (Phi) is 3.45. The van der Waals surface area contributed by atoms with Crippen molar-refractivity contribution >= 4 is 10.8 Å². The Balaban J connectivity index is 3.70. The van der Waals surface area contributed by atoms with E-state index in [0.29, 0.717) is 5.75 Å². The largest absolute Gasteiger partial charge is 0.284 e. The molecular weight excluding hydrogens is 140 g/mol. The summed E-state index contributed by atoms with van der Waals surface area (Å²) in [5.41, 5.74) is 0. The number of hydrazine groups is 1. The fourth-order valence-electron chi connectivity index (χ4n) is 0.418. The van der Waals surface area contributed by atoms with Crippen molar-refractivity contribution in [1.82, 2.24) is 4.41 Å². The molecule has 0 aromatic heterocycles. The van der Waals surface area contributed by atoms with Crippen LogP contribution in [0.1, 0.15) is 13.3 Å². The standard InChI is InChI=1S/C4H14N2O2S/c1-3-4-9(7,8)6(2)5/h7-8H,3-5H2,1-2H3. The SMILES string of the molecule is CCCS(O)(O)N(C)N. The molecule has 0 spiro atoms. The second-order valence-corrected chi connectivity index (χ2v) is 4.13. The summed E-state index contributed by atoms with van der Waals surface area (Å²) in [6.45, 7) is 1.87. The number of hydrogen-bond acceptors (Lipinski definition) is 4. The number of rotatable bonds is 3. The van der Waals surface area contributed by atoms with Crippen molar-refractivity contribution in [3.05, 3.63) is 0 Å². The van der Waals surface area contributed by atoms with Gasteiger partial charge >= 0.3 is 0 Å². The van der Waals surface area contributed by atoms with Crippen LogP contribution < -0.4 is 5.84 Å². The number of hydrogen-bond donors (Lipinski definition) is 3. The maximum absolute atomic E-state index is 9.03. The van der Waals surface area contributed by atoms with E-state index in [9.17, 15) is 0 Å². The lowest BCUT2D eigenvalue weighted by Gasteiger charge is -2.37. The van der Waals surface area contributed by atoms with E-state index >= 15 is 0 Å². The van der Waals surface area contributed by atoms with Crippen LogP contribution in [0.5, 0.6) is 0 Å². The van der Waals surface area contributed by atoms with Crippen molar-refractivity contribution in [2.45, 2.75) is 13.3 Å². The van der Waals surface area contributed by atoms with Gasteiger partial charge in [-0.05, 0) is 6.42 Å². The van der Waals surface area contributed by atoms with Crippen LogP contribution in [0, 0.1) is 0 Å². The fraction of sp³-hybridized carbons (Fsp3) is 1.00. The molecule has 5 heteroatoms. The first-order valence-electron chi connectivity index (χ1n) is 2.75. The molecule has 0 aliphatic rings. The summed E-state index contributed by atoms with van der Waals surface area (Å²) in [6, 6.07) is 0. The molecule has 0 saturated heterocycles. The van der Waals surface area contributed by atoms with Gasteiger partial charge in [0.05, 0.1) is 5.75 Å². The van der Waals surface area contributed by atoms with Crippen LogP contribution in [-0.4, -0.2) is 26.3 Å². The van der Waals surface area contributed by atoms with Gasteiger partial charge in [-0.3, -0.25) is 14.9 Å². The highest BCUT2D eigenvalue weighted by Crippen LogP contribution is 2.39. The zero-order chi connectivity index (χ0) is 7.49. The summed E-state index contributed by atoms with van der Waals surface area (Å²) in [7, 11) is -1.19. The van der Waals surface area contributed by atoms with Crippen LogP contribution in [0.25, 0.3) is 0 Å². The molecule has 0 aliphatic heterocycles. The van der Waals surface area contributed by atoms with Gasteiger partial charge in [0.25, 0.3) is 0 Å². The molecule has 4 nitrogen and oxygen atoms in total. The molecule has 0 saturated carbocycles. The topological polar surface area (TPSA) is 69.7 Å². The molecule has 0 rings (SSSR count). The smallest absolute Gasteiger partial charge is 0.0541 e. The Morgan fingerprint density at radius 3 is 2.11 bits per heavy atom. The highest BCUT2D eigenvalue weighted by atomic mass is 32.3. The first-order valence-corrected chi connectivity index (χ1v) is 4.42. The third kappa shape index (κ3) is 3.02. The van der Waals surface area contributed by atoms with E-state index in [-0.39, 0.29) is 0 Å². The lowest BCUT2D eigenvalue weighted by atomic mass is 10.6. The van der Waals surface area contributed by atoms with Gasteiger partial charge in [-0.2, -0.15) is 0 Å². The molecule has 9 heavy (non-hydrogen) atoms. The fourth-order valence-corrected chi connectivity index (χ4v) is 1.25. The summed E-state index contributed by atoms with van der Waals surface area (Å²) in [5, 5.41) is 0. The normalized spacial score (nSPS) is 14.4. The first kappa shape index (κ1) is 9.19. The maximum atomic E-state index is 9.03. The van der Waals surface area contributed by atoms with Crippen LogP contribution in [-0.2, 0) is 0 Å². The third-order valence-corrected chi connectivity index (χ3v) is 2.82. The van der Waals surface area contributed by atoms with Gasteiger partial charge in [0, 0.05) is 7.05 Å². The van der Waals surface area contributed by atoms with Crippen molar-refractivity contribution in [3.8, 4) is 0 Å². The lowest BCUT2D eigenvalue weighted by molar-refractivity contribution is 0.390. The van der Waals surface area contributed by atoms with Gasteiger partial charge in [0.2, 0.25) is 0 Å². The van der Waals surface area contributed by atoms with Gasteiger partial charge in [-0.1, -0.05) is 6.92 Å². The summed E-state index contributed by atoms with van der Waals surface area (Å²) in [4.78, 5) is 0. The minimum absolute atomic E-state index is 0.347. The van der Waals surface area contributed by atoms with Gasteiger partial charge in [-0.15, -0.1) is 15.2 Å². The van der Waals surface area contributed by atoms with Crippen molar-refractivity contribution < 1.29 is 9.11 Å². The second kappa shape index (κ2) is 3.38. The van der Waals surface area contributed by atoms with E-state index in [1.165, 1.54) is 7.05 Å². The molecule has 0 fully saturated rings. The second-order valence-electron chi connectivity index (χ2n) is 1.88. The summed E-state index contributed by atoms with van der Waals surface area (Å²) >= 11 is 0. The van der Waals surface area contributed by atoms with Gasteiger partial charge in [0.1, 0.15) is 0 Å².